The molecule has 1 amide bonds. The van der Waals surface area contributed by atoms with Crippen LogP contribution in [0.2, 0.25) is 0 Å². The van der Waals surface area contributed by atoms with Crippen LogP contribution in [0, 0.1) is 6.92 Å². The fourth-order valence-electron chi connectivity index (χ4n) is 2.89. The smallest absolute Gasteiger partial charge is 0.433 e. The minimum Gasteiger partial charge on any atom is -0.435 e. The minimum absolute atomic E-state index is 0.000554. The average Bonchev–Trinajstić information content (AvgIpc) is 3.32. The topological polar surface area (TPSA) is 81.4 Å². The highest BCUT2D eigenvalue weighted by Gasteiger charge is 2.36. The maximum absolute atomic E-state index is 13.4. The molecule has 0 aliphatic carbocycles. The van der Waals surface area contributed by atoms with E-state index in [9.17, 15) is 26.7 Å². The summed E-state index contributed by atoms with van der Waals surface area (Å²) in [5.74, 6) is -0.809. The number of benzene rings is 1. The SMILES string of the molecule is Cc1cc(C(F)(F)F)n2nc(C(=O)Nc3nc(-c4ccc(OC(F)F)cc4)cs3)c(Br)c2n1. The molecule has 7 nitrogen and oxygen atoms in total. The molecule has 0 aliphatic heterocycles. The molecule has 1 N–H and O–H groups in total. The minimum atomic E-state index is -4.70. The highest BCUT2D eigenvalue weighted by Crippen LogP contribution is 2.33. The van der Waals surface area contributed by atoms with Gasteiger partial charge in [0, 0.05) is 16.6 Å². The van der Waals surface area contributed by atoms with Gasteiger partial charge in [-0.05, 0) is 53.2 Å². The second kappa shape index (κ2) is 8.67. The van der Waals surface area contributed by atoms with Crippen LogP contribution in [-0.4, -0.2) is 32.1 Å². The molecule has 172 valence electrons. The summed E-state index contributed by atoms with van der Waals surface area (Å²) in [5.41, 5.74) is -0.388. The van der Waals surface area contributed by atoms with Gasteiger partial charge in [0.1, 0.15) is 11.4 Å². The van der Waals surface area contributed by atoms with Crippen LogP contribution >= 0.6 is 27.3 Å². The van der Waals surface area contributed by atoms with Gasteiger partial charge in [0.05, 0.1) is 10.2 Å². The van der Waals surface area contributed by atoms with Gasteiger partial charge in [-0.1, -0.05) is 0 Å². The molecular formula is C19H11BrF5N5O2S. The van der Waals surface area contributed by atoms with Crippen LogP contribution in [0.3, 0.4) is 0 Å². The molecule has 4 rings (SSSR count). The molecular weight excluding hydrogens is 537 g/mol. The monoisotopic (exact) mass is 547 g/mol. The molecule has 0 fully saturated rings. The fraction of sp³-hybridized carbons (Fsp3) is 0.158. The van der Waals surface area contributed by atoms with Crippen molar-refractivity contribution < 1.29 is 31.5 Å². The molecule has 1 aromatic carbocycles. The Labute approximate surface area is 194 Å². The normalized spacial score (nSPS) is 11.9. The summed E-state index contributed by atoms with van der Waals surface area (Å²) in [6.45, 7) is -1.54. The number of hydrogen-bond donors (Lipinski definition) is 1. The van der Waals surface area contributed by atoms with Crippen molar-refractivity contribution in [2.24, 2.45) is 0 Å². The fourth-order valence-corrected chi connectivity index (χ4v) is 4.12. The van der Waals surface area contributed by atoms with Gasteiger partial charge in [-0.2, -0.15) is 27.1 Å². The number of halogens is 6. The molecule has 0 saturated heterocycles. The quantitative estimate of drug-likeness (QED) is 0.319. The van der Waals surface area contributed by atoms with Gasteiger partial charge >= 0.3 is 12.8 Å². The van der Waals surface area contributed by atoms with Crippen molar-refractivity contribution in [3.8, 4) is 17.0 Å². The highest BCUT2D eigenvalue weighted by atomic mass is 79.9. The van der Waals surface area contributed by atoms with Crippen molar-refractivity contribution in [3.63, 3.8) is 0 Å². The summed E-state index contributed by atoms with van der Waals surface area (Å²) in [7, 11) is 0. The van der Waals surface area contributed by atoms with Crippen LogP contribution in [0.4, 0.5) is 27.1 Å². The summed E-state index contributed by atoms with van der Waals surface area (Å²) >= 11 is 4.18. The molecule has 0 saturated carbocycles. The molecule has 0 atom stereocenters. The first-order valence-electron chi connectivity index (χ1n) is 8.98. The van der Waals surface area contributed by atoms with E-state index in [0.717, 1.165) is 17.4 Å². The predicted molar refractivity (Wildman–Crippen MR) is 113 cm³/mol. The third-order valence-corrected chi connectivity index (χ3v) is 5.75. The van der Waals surface area contributed by atoms with Gasteiger partial charge in [0.15, 0.2) is 16.5 Å². The number of carbonyl (C=O) groups is 1. The number of fused-ring (bicyclic) bond motifs is 1. The van der Waals surface area contributed by atoms with E-state index in [0.29, 0.717) is 15.8 Å². The second-order valence-electron chi connectivity index (χ2n) is 6.57. The van der Waals surface area contributed by atoms with Gasteiger partial charge in [-0.25, -0.2) is 14.5 Å². The van der Waals surface area contributed by atoms with E-state index >= 15 is 0 Å². The van der Waals surface area contributed by atoms with E-state index in [1.54, 1.807) is 5.38 Å². The standard InChI is InChI=1S/C19H11BrF5N5O2S/c1-8-6-12(19(23,24)25)30-15(26-8)13(20)14(29-30)16(31)28-18-27-11(7-33-18)9-2-4-10(5-3-9)32-17(21)22/h2-7,17H,1H3,(H,27,28,31). The van der Waals surface area contributed by atoms with Crippen molar-refractivity contribution in [1.82, 2.24) is 19.6 Å². The number of hydrogen-bond acceptors (Lipinski definition) is 6. The largest absolute Gasteiger partial charge is 0.435 e. The number of aromatic nitrogens is 4. The van der Waals surface area contributed by atoms with Crippen LogP contribution < -0.4 is 10.1 Å². The Morgan fingerprint density at radius 3 is 2.55 bits per heavy atom. The van der Waals surface area contributed by atoms with Gasteiger partial charge in [0.2, 0.25) is 0 Å². The van der Waals surface area contributed by atoms with Gasteiger partial charge in [0.25, 0.3) is 5.91 Å². The molecule has 0 bridgehead atoms. The van der Waals surface area contributed by atoms with E-state index in [1.165, 1.54) is 31.2 Å². The Bertz CT molecular complexity index is 1340. The lowest BCUT2D eigenvalue weighted by atomic mass is 10.2. The Balaban J connectivity index is 1.58. The molecule has 3 aromatic heterocycles. The number of aryl methyl sites for hydroxylation is 1. The van der Waals surface area contributed by atoms with Gasteiger partial charge in [-0.15, -0.1) is 11.3 Å². The number of nitrogens with zero attached hydrogens (tertiary/aromatic N) is 4. The Hall–Kier alpha value is -3.13. The van der Waals surface area contributed by atoms with Crippen molar-refractivity contribution in [2.75, 3.05) is 5.32 Å². The van der Waals surface area contributed by atoms with E-state index < -0.39 is 24.4 Å². The number of alkyl halides is 5. The first kappa shape index (κ1) is 23.0. The molecule has 0 aliphatic rings. The number of anilines is 1. The maximum Gasteiger partial charge on any atom is 0.433 e. The van der Waals surface area contributed by atoms with E-state index in [1.807, 2.05) is 0 Å². The highest BCUT2D eigenvalue weighted by molar-refractivity contribution is 9.10. The van der Waals surface area contributed by atoms with Crippen LogP contribution in [0.15, 0.2) is 40.2 Å². The first-order chi connectivity index (χ1) is 15.5. The van der Waals surface area contributed by atoms with E-state index in [2.05, 4.69) is 41.1 Å². The molecule has 0 unspecified atom stereocenters. The Morgan fingerprint density at radius 2 is 1.91 bits per heavy atom. The third kappa shape index (κ3) is 4.80. The average molecular weight is 548 g/mol. The molecule has 3 heterocycles. The predicted octanol–water partition coefficient (Wildman–Crippen LogP) is 5.80. The van der Waals surface area contributed by atoms with Crippen molar-refractivity contribution >= 4 is 44.0 Å². The van der Waals surface area contributed by atoms with Crippen LogP contribution in [0.25, 0.3) is 16.9 Å². The lowest BCUT2D eigenvalue weighted by Crippen LogP contribution is -2.15. The summed E-state index contributed by atoms with van der Waals surface area (Å²) in [6.07, 6.45) is -4.70. The number of rotatable bonds is 5. The van der Waals surface area contributed by atoms with Crippen LogP contribution in [0.1, 0.15) is 21.9 Å². The van der Waals surface area contributed by atoms with Crippen LogP contribution in [-0.2, 0) is 6.18 Å². The number of thiazole rings is 1. The molecule has 4 aromatic rings. The molecule has 33 heavy (non-hydrogen) atoms. The lowest BCUT2D eigenvalue weighted by Gasteiger charge is -2.09. The zero-order valence-corrected chi connectivity index (χ0v) is 18.7. The third-order valence-electron chi connectivity index (χ3n) is 4.27. The number of carbonyl (C=O) groups excluding carboxylic acids is 1. The van der Waals surface area contributed by atoms with E-state index in [4.69, 9.17) is 0 Å². The van der Waals surface area contributed by atoms with Crippen LogP contribution in [0.5, 0.6) is 5.75 Å². The van der Waals surface area contributed by atoms with Gasteiger partial charge in [-0.3, -0.25) is 10.1 Å². The Morgan fingerprint density at radius 1 is 1.21 bits per heavy atom. The molecule has 14 heteroatoms. The second-order valence-corrected chi connectivity index (χ2v) is 8.22. The number of nitrogens with one attached hydrogen (secondary N) is 1. The zero-order chi connectivity index (χ0) is 23.9. The summed E-state index contributed by atoms with van der Waals surface area (Å²) < 4.78 is 69.5. The van der Waals surface area contributed by atoms with Crippen molar-refractivity contribution in [2.45, 2.75) is 19.7 Å². The lowest BCUT2D eigenvalue weighted by molar-refractivity contribution is -0.142. The summed E-state index contributed by atoms with van der Waals surface area (Å²) in [4.78, 5) is 21.0. The van der Waals surface area contributed by atoms with E-state index in [-0.39, 0.29) is 32.4 Å². The molecule has 0 radical (unpaired) electrons. The maximum atomic E-state index is 13.4. The van der Waals surface area contributed by atoms with Gasteiger partial charge < -0.3 is 4.74 Å². The van der Waals surface area contributed by atoms with Crippen molar-refractivity contribution in [1.29, 1.82) is 0 Å². The molecule has 0 spiro atoms. The summed E-state index contributed by atoms with van der Waals surface area (Å²) in [5, 5.41) is 8.06. The zero-order valence-electron chi connectivity index (χ0n) is 16.3. The number of ether oxygens (including phenoxy) is 1. The number of amides is 1. The van der Waals surface area contributed by atoms with Crippen molar-refractivity contribution in [3.05, 3.63) is 57.3 Å². The first-order valence-corrected chi connectivity index (χ1v) is 10.7. The Kier molecular flexibility index (Phi) is 6.05. The summed E-state index contributed by atoms with van der Waals surface area (Å²) in [6, 6.07) is 6.56.